The topological polar surface area (TPSA) is 221 Å². The number of aliphatic hydroxyl groups excluding tert-OH is 6. The molecule has 0 amide bonds. The lowest BCUT2D eigenvalue weighted by atomic mass is 9.97. The number of hydrogen-bond donors (Lipinski definition) is 7. The number of aliphatic imine (C=N–C) groups is 1. The molecule has 3 aromatic rings. The van der Waals surface area contributed by atoms with Crippen molar-refractivity contribution in [3.05, 3.63) is 71.9 Å². The summed E-state index contributed by atoms with van der Waals surface area (Å²) in [5.41, 5.74) is -1.51. The summed E-state index contributed by atoms with van der Waals surface area (Å²) in [4.78, 5) is 4.23. The number of nitrogens with zero attached hydrogens (tertiary/aromatic N) is 5. The maximum atomic E-state index is 13.8. The molecule has 2 aliphatic rings. The van der Waals surface area contributed by atoms with Crippen LogP contribution in [0.4, 0.5) is 8.78 Å². The number of hydrazone groups is 1. The summed E-state index contributed by atoms with van der Waals surface area (Å²) in [7, 11) is 0. The predicted octanol–water partition coefficient (Wildman–Crippen LogP) is -0.822. The number of nitrogens with two attached hydrogens (primary N) is 1. The molecular weight excluding hydrogens is 618 g/mol. The third kappa shape index (κ3) is 7.06. The first kappa shape index (κ1) is 33.0. The number of rotatable bonds is 9. The highest BCUT2D eigenvalue weighted by Gasteiger charge is 2.50. The van der Waals surface area contributed by atoms with E-state index in [0.29, 0.717) is 5.56 Å². The molecular formula is C28H32F2N6O8S. The van der Waals surface area contributed by atoms with Crippen molar-refractivity contribution in [3.63, 3.8) is 0 Å². The molecule has 242 valence electrons. The molecule has 45 heavy (non-hydrogen) atoms. The van der Waals surface area contributed by atoms with Gasteiger partial charge in [-0.1, -0.05) is 41.2 Å². The highest BCUT2D eigenvalue weighted by atomic mass is 32.2. The van der Waals surface area contributed by atoms with E-state index in [0.717, 1.165) is 18.0 Å². The number of halogens is 2. The van der Waals surface area contributed by atoms with Gasteiger partial charge in [-0.3, -0.25) is 4.99 Å². The molecule has 2 aliphatic heterocycles. The number of thioether (sulfide) groups is 1. The van der Waals surface area contributed by atoms with Gasteiger partial charge in [0.15, 0.2) is 0 Å². The summed E-state index contributed by atoms with van der Waals surface area (Å²) in [6.45, 7) is -1.30. The Bertz CT molecular complexity index is 1520. The predicted molar refractivity (Wildman–Crippen MR) is 157 cm³/mol. The lowest BCUT2D eigenvalue weighted by Crippen LogP contribution is -2.59. The quantitative estimate of drug-likeness (QED) is 0.0858. The first-order chi connectivity index (χ1) is 21.6. The summed E-state index contributed by atoms with van der Waals surface area (Å²) in [5.74, 6) is 4.43. The van der Waals surface area contributed by atoms with Crippen LogP contribution in [0, 0.1) is 11.6 Å². The molecule has 0 spiro atoms. The molecule has 6 unspecified atom stereocenters. The molecule has 1 aromatic heterocycles. The lowest BCUT2D eigenvalue weighted by molar-refractivity contribution is -0.183. The molecule has 2 aromatic carbocycles. The van der Waals surface area contributed by atoms with Gasteiger partial charge in [-0.05, 0) is 24.3 Å². The van der Waals surface area contributed by atoms with Gasteiger partial charge in [-0.15, -0.1) is 5.10 Å². The molecule has 10 atom stereocenters. The first-order valence-corrected chi connectivity index (χ1v) is 14.7. The van der Waals surface area contributed by atoms with Gasteiger partial charge in [0.1, 0.15) is 82.6 Å². The number of benzene rings is 2. The molecule has 2 fully saturated rings. The summed E-state index contributed by atoms with van der Waals surface area (Å²) in [6, 6.07) is 8.49. The van der Waals surface area contributed by atoms with Gasteiger partial charge in [-0.25, -0.2) is 13.5 Å². The van der Waals surface area contributed by atoms with E-state index in [4.69, 9.17) is 15.3 Å². The number of aliphatic hydroxyl groups is 6. The monoisotopic (exact) mass is 650 g/mol. The van der Waals surface area contributed by atoms with Crippen LogP contribution in [0.15, 0.2) is 64.8 Å². The number of aromatic nitrogens is 3. The third-order valence-corrected chi connectivity index (χ3v) is 8.85. The summed E-state index contributed by atoms with van der Waals surface area (Å²) >= 11 is 0.767. The molecule has 17 heteroatoms. The third-order valence-electron chi connectivity index (χ3n) is 7.53. The van der Waals surface area contributed by atoms with E-state index in [1.165, 1.54) is 53.3 Å². The van der Waals surface area contributed by atoms with Crippen LogP contribution in [0.25, 0.3) is 11.3 Å². The largest absolute Gasteiger partial charge is 0.394 e. The van der Waals surface area contributed by atoms with E-state index in [1.54, 1.807) is 6.07 Å². The van der Waals surface area contributed by atoms with Crippen molar-refractivity contribution in [2.75, 3.05) is 13.2 Å². The Balaban J connectivity index is 1.37. The zero-order valence-corrected chi connectivity index (χ0v) is 24.3. The zero-order chi connectivity index (χ0) is 32.2. The van der Waals surface area contributed by atoms with Crippen LogP contribution in [0.2, 0.25) is 0 Å². The van der Waals surface area contributed by atoms with Crippen LogP contribution >= 0.6 is 11.8 Å². The molecule has 0 aliphatic carbocycles. The van der Waals surface area contributed by atoms with Gasteiger partial charge in [0.05, 0.1) is 19.4 Å². The SMILES string of the molecule is N/N=C(\C=NC1C(O)[C@H](SC2O[C@H](CO)C(O)C(n3cc(-c4cccc(F)c4)nn3)[C@H]2O)OC(CO)[C@@H]1O)c1cccc(F)c1. The van der Waals surface area contributed by atoms with Crippen LogP contribution in [0.1, 0.15) is 11.6 Å². The molecule has 2 saturated heterocycles. The van der Waals surface area contributed by atoms with Gasteiger partial charge < -0.3 is 46.0 Å². The van der Waals surface area contributed by atoms with E-state index >= 15 is 0 Å². The average molecular weight is 651 g/mol. The van der Waals surface area contributed by atoms with Crippen molar-refractivity contribution >= 4 is 23.7 Å². The maximum Gasteiger partial charge on any atom is 0.134 e. The van der Waals surface area contributed by atoms with Crippen LogP contribution in [-0.4, -0.2) is 124 Å². The molecule has 3 heterocycles. The smallest absolute Gasteiger partial charge is 0.134 e. The Hall–Kier alpha value is -3.39. The van der Waals surface area contributed by atoms with Gasteiger partial charge in [-0.2, -0.15) is 5.10 Å². The second-order valence-electron chi connectivity index (χ2n) is 10.4. The first-order valence-electron chi connectivity index (χ1n) is 13.8. The van der Waals surface area contributed by atoms with E-state index < -0.39 is 84.4 Å². The van der Waals surface area contributed by atoms with E-state index in [-0.39, 0.29) is 17.0 Å². The second-order valence-corrected chi connectivity index (χ2v) is 11.6. The van der Waals surface area contributed by atoms with Crippen molar-refractivity contribution < 1.29 is 48.9 Å². The van der Waals surface area contributed by atoms with Crippen molar-refractivity contribution in [1.82, 2.24) is 15.0 Å². The van der Waals surface area contributed by atoms with E-state index in [2.05, 4.69) is 20.4 Å². The Morgan fingerprint density at radius 3 is 2.20 bits per heavy atom. The standard InChI is InChI=1S/C28H32F2N6O8S/c29-15-5-1-3-13(7-15)17(33-31)9-32-21-23(39)19(11-37)43-27(25(21)41)45-28-26(42)22(24(40)20(12-38)44-28)36-10-18(34-35-36)14-4-2-6-16(30)8-14/h1-10,19-28,37-42H,11-12,31H2/b32-9?,33-17+/t19?,20-,21?,22?,23+,24?,25?,26-,27+,28?/m1/s1. The second kappa shape index (κ2) is 14.4. The Morgan fingerprint density at radius 2 is 1.56 bits per heavy atom. The maximum absolute atomic E-state index is 13.8. The molecule has 14 nitrogen and oxygen atoms in total. The zero-order valence-electron chi connectivity index (χ0n) is 23.4. The average Bonchev–Trinajstić information content (AvgIpc) is 3.51. The van der Waals surface area contributed by atoms with Gasteiger partial charge >= 0.3 is 0 Å². The van der Waals surface area contributed by atoms with Crippen LogP contribution in [0.5, 0.6) is 0 Å². The van der Waals surface area contributed by atoms with Gasteiger partial charge in [0.25, 0.3) is 0 Å². The fraction of sp³-hybridized carbons (Fsp3) is 0.429. The molecule has 8 N–H and O–H groups in total. The van der Waals surface area contributed by atoms with Crippen molar-refractivity contribution in [2.45, 2.75) is 59.6 Å². The fourth-order valence-corrected chi connectivity index (χ4v) is 6.49. The Labute approximate surface area is 259 Å². The summed E-state index contributed by atoms with van der Waals surface area (Å²) < 4.78 is 40.2. The van der Waals surface area contributed by atoms with E-state index in [9.17, 15) is 39.4 Å². The number of hydrogen-bond acceptors (Lipinski definition) is 14. The van der Waals surface area contributed by atoms with Crippen LogP contribution < -0.4 is 5.84 Å². The minimum absolute atomic E-state index is 0.0456. The van der Waals surface area contributed by atoms with Crippen molar-refractivity contribution in [3.8, 4) is 11.3 Å². The lowest BCUT2D eigenvalue weighted by Gasteiger charge is -2.45. The van der Waals surface area contributed by atoms with Crippen molar-refractivity contribution in [1.29, 1.82) is 0 Å². The fourth-order valence-electron chi connectivity index (χ4n) is 5.17. The van der Waals surface area contributed by atoms with Crippen LogP contribution in [-0.2, 0) is 9.47 Å². The number of ether oxygens (including phenoxy) is 2. The van der Waals surface area contributed by atoms with Gasteiger partial charge in [0.2, 0.25) is 0 Å². The summed E-state index contributed by atoms with van der Waals surface area (Å²) in [5, 5.41) is 75.8. The highest BCUT2D eigenvalue weighted by molar-refractivity contribution is 8.00. The van der Waals surface area contributed by atoms with Crippen LogP contribution in [0.3, 0.4) is 0 Å². The molecule has 5 rings (SSSR count). The summed E-state index contributed by atoms with van der Waals surface area (Å²) in [6.07, 6.45) is -5.89. The molecule has 0 bridgehead atoms. The minimum Gasteiger partial charge on any atom is -0.394 e. The Morgan fingerprint density at radius 1 is 0.911 bits per heavy atom. The minimum atomic E-state index is -1.55. The Kier molecular flexibility index (Phi) is 10.5. The highest BCUT2D eigenvalue weighted by Crippen LogP contribution is 2.40. The molecule has 0 saturated carbocycles. The van der Waals surface area contributed by atoms with Crippen molar-refractivity contribution in [2.24, 2.45) is 15.9 Å². The molecule has 0 radical (unpaired) electrons. The van der Waals surface area contributed by atoms with Gasteiger partial charge in [0, 0.05) is 17.3 Å². The normalized spacial score (nSPS) is 32.7. The van der Waals surface area contributed by atoms with E-state index in [1.807, 2.05) is 0 Å².